The van der Waals surface area contributed by atoms with E-state index >= 15 is 0 Å². The number of benzene rings is 1. The largest absolute Gasteiger partial charge is 0.344 e. The van der Waals surface area contributed by atoms with Gasteiger partial charge in [-0.3, -0.25) is 9.59 Å². The van der Waals surface area contributed by atoms with E-state index in [-0.39, 0.29) is 36.5 Å². The maximum Gasteiger partial charge on any atom is 0.227 e. The minimum Gasteiger partial charge on any atom is -0.344 e. The molecular formula is C25H29FN4O3S. The molecule has 1 aromatic carbocycles. The van der Waals surface area contributed by atoms with Gasteiger partial charge in [-0.1, -0.05) is 49.0 Å². The second-order valence-corrected chi connectivity index (χ2v) is 9.74. The summed E-state index contributed by atoms with van der Waals surface area (Å²) in [5.41, 5.74) is 0.196. The smallest absolute Gasteiger partial charge is 0.227 e. The number of aromatic nitrogens is 2. The predicted octanol–water partition coefficient (Wildman–Crippen LogP) is 4.79. The third-order valence-corrected chi connectivity index (χ3v) is 7.11. The fourth-order valence-corrected chi connectivity index (χ4v) is 5.31. The van der Waals surface area contributed by atoms with Gasteiger partial charge < -0.3 is 15.2 Å². The van der Waals surface area contributed by atoms with Crippen molar-refractivity contribution >= 4 is 23.2 Å². The van der Waals surface area contributed by atoms with Crippen LogP contribution in [0.15, 0.2) is 46.3 Å². The zero-order valence-electron chi connectivity index (χ0n) is 19.2. The number of aryl methyl sites for hydroxylation is 1. The van der Waals surface area contributed by atoms with Crippen LogP contribution in [0.25, 0.3) is 0 Å². The van der Waals surface area contributed by atoms with Crippen LogP contribution in [-0.2, 0) is 21.5 Å². The van der Waals surface area contributed by atoms with E-state index in [1.54, 1.807) is 12.1 Å². The molecule has 1 unspecified atom stereocenters. The molecule has 0 bridgehead atoms. The van der Waals surface area contributed by atoms with Gasteiger partial charge in [-0.2, -0.15) is 4.98 Å². The van der Waals surface area contributed by atoms with Gasteiger partial charge in [-0.25, -0.2) is 4.39 Å². The molecule has 1 fully saturated rings. The van der Waals surface area contributed by atoms with Crippen molar-refractivity contribution in [3.63, 3.8) is 0 Å². The van der Waals surface area contributed by atoms with Crippen LogP contribution in [0.3, 0.4) is 0 Å². The molecule has 0 spiro atoms. The van der Waals surface area contributed by atoms with Gasteiger partial charge in [0.15, 0.2) is 5.82 Å². The first-order valence-corrected chi connectivity index (χ1v) is 12.5. The summed E-state index contributed by atoms with van der Waals surface area (Å²) in [7, 11) is 0. The van der Waals surface area contributed by atoms with Crippen LogP contribution in [0.1, 0.15) is 80.1 Å². The zero-order chi connectivity index (χ0) is 24.0. The van der Waals surface area contributed by atoms with Gasteiger partial charge in [-0.15, -0.1) is 11.3 Å². The summed E-state index contributed by atoms with van der Waals surface area (Å²) in [6.07, 6.45) is 6.20. The third-order valence-electron chi connectivity index (χ3n) is 6.17. The minimum absolute atomic E-state index is 0.118. The maximum atomic E-state index is 13.4. The van der Waals surface area contributed by atoms with Gasteiger partial charge in [0.2, 0.25) is 17.7 Å². The van der Waals surface area contributed by atoms with Crippen molar-refractivity contribution < 1.29 is 18.5 Å². The maximum absolute atomic E-state index is 13.4. The highest BCUT2D eigenvalue weighted by Gasteiger charge is 2.38. The molecule has 7 nitrogen and oxygen atoms in total. The van der Waals surface area contributed by atoms with E-state index in [0.29, 0.717) is 11.7 Å². The summed E-state index contributed by atoms with van der Waals surface area (Å²) < 4.78 is 18.8. The standard InChI is InChI=1S/C25H29FN4O3S/c1-17(31)29-25(14-4-2-3-5-15-25)24-28-22(33-30-24)13-12-21(32)27-23(20-7-6-16-34-20)18-8-10-19(26)11-9-18/h6-11,16,23H,2-5,12-15H2,1H3,(H,27,32)(H,29,31). The summed E-state index contributed by atoms with van der Waals surface area (Å²) >= 11 is 1.53. The number of carbonyl (C=O) groups excluding carboxylic acids is 2. The van der Waals surface area contributed by atoms with Gasteiger partial charge in [0.25, 0.3) is 0 Å². The van der Waals surface area contributed by atoms with E-state index in [9.17, 15) is 14.0 Å². The molecule has 1 aliphatic carbocycles. The Kier molecular flexibility index (Phi) is 7.72. The van der Waals surface area contributed by atoms with Gasteiger partial charge in [0.05, 0.1) is 6.04 Å². The molecule has 34 heavy (non-hydrogen) atoms. The number of halogens is 1. The van der Waals surface area contributed by atoms with Crippen LogP contribution in [0, 0.1) is 5.82 Å². The monoisotopic (exact) mass is 484 g/mol. The molecule has 0 saturated heterocycles. The number of hydrogen-bond donors (Lipinski definition) is 2. The second-order valence-electron chi connectivity index (χ2n) is 8.76. The lowest BCUT2D eigenvalue weighted by molar-refractivity contribution is -0.122. The molecule has 2 N–H and O–H groups in total. The predicted molar refractivity (Wildman–Crippen MR) is 127 cm³/mol. The minimum atomic E-state index is -0.612. The Balaban J connectivity index is 1.42. The van der Waals surface area contributed by atoms with E-state index in [1.165, 1.54) is 30.4 Å². The first kappa shape index (κ1) is 24.1. The molecule has 0 aliphatic heterocycles. The van der Waals surface area contributed by atoms with E-state index < -0.39 is 5.54 Å². The number of hydrogen-bond acceptors (Lipinski definition) is 6. The van der Waals surface area contributed by atoms with Crippen LogP contribution in [0.5, 0.6) is 0 Å². The Bertz CT molecular complexity index is 1090. The lowest BCUT2D eigenvalue weighted by Crippen LogP contribution is -2.45. The number of carbonyl (C=O) groups is 2. The topological polar surface area (TPSA) is 97.1 Å². The summed E-state index contributed by atoms with van der Waals surface area (Å²) in [5.74, 6) is 0.246. The summed E-state index contributed by atoms with van der Waals surface area (Å²) in [6.45, 7) is 1.50. The van der Waals surface area contributed by atoms with Gasteiger partial charge >= 0.3 is 0 Å². The zero-order valence-corrected chi connectivity index (χ0v) is 20.0. The molecule has 9 heteroatoms. The van der Waals surface area contributed by atoms with Crippen molar-refractivity contribution in [2.24, 2.45) is 0 Å². The van der Waals surface area contributed by atoms with Crippen LogP contribution in [0.2, 0.25) is 0 Å². The van der Waals surface area contributed by atoms with Crippen molar-refractivity contribution in [3.05, 3.63) is 69.8 Å². The lowest BCUT2D eigenvalue weighted by atomic mass is 9.89. The quantitative estimate of drug-likeness (QED) is 0.448. The molecule has 2 aromatic heterocycles. The molecule has 1 atom stereocenters. The van der Waals surface area contributed by atoms with Crippen LogP contribution in [0.4, 0.5) is 4.39 Å². The van der Waals surface area contributed by atoms with Gasteiger partial charge in [-0.05, 0) is 42.0 Å². The summed E-state index contributed by atoms with van der Waals surface area (Å²) in [5, 5.41) is 12.2. The van der Waals surface area contributed by atoms with Gasteiger partial charge in [0.1, 0.15) is 11.4 Å². The second kappa shape index (κ2) is 10.9. The van der Waals surface area contributed by atoms with E-state index in [1.807, 2.05) is 17.5 Å². The van der Waals surface area contributed by atoms with Crippen LogP contribution < -0.4 is 10.6 Å². The number of nitrogens with one attached hydrogen (secondary N) is 2. The molecular weight excluding hydrogens is 455 g/mol. The Hall–Kier alpha value is -3.07. The number of amides is 2. The normalized spacial score (nSPS) is 16.4. The highest BCUT2D eigenvalue weighted by atomic mass is 32.1. The molecule has 180 valence electrons. The molecule has 0 radical (unpaired) electrons. The summed E-state index contributed by atoms with van der Waals surface area (Å²) in [6, 6.07) is 9.64. The first-order valence-electron chi connectivity index (χ1n) is 11.7. The average molecular weight is 485 g/mol. The lowest BCUT2D eigenvalue weighted by Gasteiger charge is -2.30. The number of rotatable bonds is 8. The van der Waals surface area contributed by atoms with Crippen molar-refractivity contribution in [1.29, 1.82) is 0 Å². The van der Waals surface area contributed by atoms with Gasteiger partial charge in [0, 0.05) is 24.6 Å². The van der Waals surface area contributed by atoms with Crippen LogP contribution >= 0.6 is 11.3 Å². The van der Waals surface area contributed by atoms with Crippen molar-refractivity contribution in [3.8, 4) is 0 Å². The van der Waals surface area contributed by atoms with Crippen molar-refractivity contribution in [1.82, 2.24) is 20.8 Å². The Labute approximate surface area is 202 Å². The number of thiophene rings is 1. The highest BCUT2D eigenvalue weighted by Crippen LogP contribution is 2.34. The fourth-order valence-electron chi connectivity index (χ4n) is 4.51. The Morgan fingerprint density at radius 2 is 1.88 bits per heavy atom. The highest BCUT2D eigenvalue weighted by molar-refractivity contribution is 7.10. The van der Waals surface area contributed by atoms with Crippen LogP contribution in [-0.4, -0.2) is 22.0 Å². The Morgan fingerprint density at radius 1 is 1.15 bits per heavy atom. The Morgan fingerprint density at radius 3 is 2.53 bits per heavy atom. The van der Waals surface area contributed by atoms with E-state index in [4.69, 9.17) is 4.52 Å². The van der Waals surface area contributed by atoms with Crippen molar-refractivity contribution in [2.45, 2.75) is 69.9 Å². The van der Waals surface area contributed by atoms with Crippen molar-refractivity contribution in [2.75, 3.05) is 0 Å². The molecule has 1 aliphatic rings. The molecule has 4 rings (SSSR count). The first-order chi connectivity index (χ1) is 16.4. The summed E-state index contributed by atoms with van der Waals surface area (Å²) in [4.78, 5) is 30.2. The average Bonchev–Trinajstić information content (AvgIpc) is 3.47. The number of nitrogens with zero attached hydrogens (tertiary/aromatic N) is 2. The third kappa shape index (κ3) is 5.88. The molecule has 2 amide bonds. The molecule has 3 aromatic rings. The molecule has 1 saturated carbocycles. The van der Waals surface area contributed by atoms with E-state index in [2.05, 4.69) is 20.8 Å². The van der Waals surface area contributed by atoms with E-state index in [0.717, 1.165) is 49.0 Å². The fraction of sp³-hybridized carbons (Fsp3) is 0.440. The molecule has 2 heterocycles. The SMILES string of the molecule is CC(=O)NC1(c2noc(CCC(=O)NC(c3ccc(F)cc3)c3cccs3)n2)CCCCCC1.